The monoisotopic (exact) mass is 205 g/mol. The summed E-state index contributed by atoms with van der Waals surface area (Å²) in [5.74, 6) is -0.280. The van der Waals surface area contributed by atoms with Crippen LogP contribution >= 0.6 is 7.60 Å². The molecule has 0 saturated heterocycles. The van der Waals surface area contributed by atoms with Gasteiger partial charge in [0.05, 0.1) is 18.9 Å². The van der Waals surface area contributed by atoms with E-state index < -0.39 is 7.60 Å². The molecule has 5 heteroatoms. The molecule has 1 rings (SSSR count). The number of aliphatic imine (C=N–C) groups is 1. The average molecular weight is 205 g/mol. The Bertz CT molecular complexity index is 242. The predicted octanol–water partition coefficient (Wildman–Crippen LogP) is 2.44. The van der Waals surface area contributed by atoms with Crippen molar-refractivity contribution in [3.05, 3.63) is 0 Å². The average Bonchev–Trinajstić information content (AvgIpc) is 2.84. The van der Waals surface area contributed by atoms with Gasteiger partial charge < -0.3 is 9.05 Å². The van der Waals surface area contributed by atoms with Gasteiger partial charge in [0.1, 0.15) is 0 Å². The van der Waals surface area contributed by atoms with Crippen molar-refractivity contribution in [3.63, 3.8) is 0 Å². The number of hydrogen-bond donors (Lipinski definition) is 0. The van der Waals surface area contributed by atoms with E-state index in [9.17, 15) is 4.57 Å². The lowest BCUT2D eigenvalue weighted by Crippen LogP contribution is -2.05. The van der Waals surface area contributed by atoms with Crippen LogP contribution in [0.15, 0.2) is 4.99 Å². The van der Waals surface area contributed by atoms with Gasteiger partial charge in [0.2, 0.25) is 0 Å². The van der Waals surface area contributed by atoms with Crippen LogP contribution in [0.5, 0.6) is 0 Å². The molecule has 0 fully saturated rings. The summed E-state index contributed by atoms with van der Waals surface area (Å²) in [6.07, 6.45) is 0.828. The quantitative estimate of drug-likeness (QED) is 0.625. The molecule has 0 spiro atoms. The Kier molecular flexibility index (Phi) is 3.65. The fourth-order valence-corrected chi connectivity index (χ4v) is 3.10. The molecule has 0 aromatic rings. The third-order valence-electron chi connectivity index (χ3n) is 1.80. The maximum atomic E-state index is 12.0. The smallest absolute Gasteiger partial charge is 0.307 e. The van der Waals surface area contributed by atoms with Gasteiger partial charge in [-0.2, -0.15) is 0 Å². The lowest BCUT2D eigenvalue weighted by atomic mass is 10.4. The molecule has 0 aromatic heterocycles. The Balaban J connectivity index is 2.54. The van der Waals surface area contributed by atoms with E-state index in [0.717, 1.165) is 12.1 Å². The first-order valence-corrected chi connectivity index (χ1v) is 6.24. The van der Waals surface area contributed by atoms with Gasteiger partial charge in [-0.3, -0.25) is 9.56 Å². The number of hydrogen-bond acceptors (Lipinski definition) is 4. The molecule has 0 radical (unpaired) electrons. The molecule has 76 valence electrons. The van der Waals surface area contributed by atoms with Gasteiger partial charge >= 0.3 is 7.60 Å². The van der Waals surface area contributed by atoms with Crippen molar-refractivity contribution in [2.24, 2.45) is 4.99 Å². The standard InChI is InChI=1S/C8H16NO3P/c1-4-7-8(9-7)13(10,11-5-2)12-6-3/h8H,4-6H2,1-3H3/t8-/m1/s1. The van der Waals surface area contributed by atoms with Gasteiger partial charge in [0, 0.05) is 0 Å². The highest BCUT2D eigenvalue weighted by molar-refractivity contribution is 7.56. The third kappa shape index (κ3) is 2.39. The Labute approximate surface area is 78.9 Å². The molecule has 0 saturated carbocycles. The first-order valence-electron chi connectivity index (χ1n) is 4.63. The molecule has 13 heavy (non-hydrogen) atoms. The first-order chi connectivity index (χ1) is 6.18. The highest BCUT2D eigenvalue weighted by Crippen LogP contribution is 2.58. The van der Waals surface area contributed by atoms with Gasteiger partial charge in [-0.1, -0.05) is 6.92 Å². The largest absolute Gasteiger partial charge is 0.360 e. The summed E-state index contributed by atoms with van der Waals surface area (Å²) in [7, 11) is -2.96. The fourth-order valence-electron chi connectivity index (χ4n) is 1.19. The van der Waals surface area contributed by atoms with Crippen LogP contribution in [-0.2, 0) is 13.6 Å². The minimum absolute atomic E-state index is 0.280. The van der Waals surface area contributed by atoms with Gasteiger partial charge in [0.25, 0.3) is 0 Å². The van der Waals surface area contributed by atoms with Gasteiger partial charge in [0.15, 0.2) is 5.78 Å². The van der Waals surface area contributed by atoms with Crippen LogP contribution < -0.4 is 0 Å². The van der Waals surface area contributed by atoms with E-state index in [2.05, 4.69) is 4.99 Å². The van der Waals surface area contributed by atoms with E-state index in [1.807, 2.05) is 6.92 Å². The Morgan fingerprint density at radius 3 is 2.15 bits per heavy atom. The SMILES string of the molecule is CCOP(=O)(OCC)[C@H]1N=C1CC. The number of rotatable bonds is 6. The Morgan fingerprint density at radius 2 is 1.85 bits per heavy atom. The van der Waals surface area contributed by atoms with Crippen LogP contribution in [0.2, 0.25) is 0 Å². The Hall–Kier alpha value is -0.180. The van der Waals surface area contributed by atoms with Crippen LogP contribution in [0.25, 0.3) is 0 Å². The van der Waals surface area contributed by atoms with E-state index >= 15 is 0 Å². The molecule has 1 aliphatic rings. The van der Waals surface area contributed by atoms with Crippen LogP contribution in [0, 0.1) is 0 Å². The first kappa shape index (κ1) is 10.9. The van der Waals surface area contributed by atoms with Crippen molar-refractivity contribution >= 4 is 13.3 Å². The van der Waals surface area contributed by atoms with Gasteiger partial charge in [-0.05, 0) is 20.3 Å². The molecule has 0 unspecified atom stereocenters. The molecule has 0 bridgehead atoms. The molecule has 1 atom stereocenters. The summed E-state index contributed by atoms with van der Waals surface area (Å²) in [5, 5.41) is 0. The third-order valence-corrected chi connectivity index (χ3v) is 4.05. The van der Waals surface area contributed by atoms with Crippen LogP contribution in [-0.4, -0.2) is 24.7 Å². The topological polar surface area (TPSA) is 47.9 Å². The highest BCUT2D eigenvalue weighted by Gasteiger charge is 2.46. The second-order valence-electron chi connectivity index (χ2n) is 2.72. The predicted molar refractivity (Wildman–Crippen MR) is 52.4 cm³/mol. The summed E-state index contributed by atoms with van der Waals surface area (Å²) in [5.41, 5.74) is 0.949. The van der Waals surface area contributed by atoms with E-state index in [-0.39, 0.29) is 5.78 Å². The molecule has 1 aliphatic heterocycles. The van der Waals surface area contributed by atoms with Crippen molar-refractivity contribution in [1.29, 1.82) is 0 Å². The van der Waals surface area contributed by atoms with E-state index in [1.54, 1.807) is 13.8 Å². The van der Waals surface area contributed by atoms with Gasteiger partial charge in [-0.15, -0.1) is 0 Å². The second kappa shape index (κ2) is 4.36. The molecule has 1 heterocycles. The van der Waals surface area contributed by atoms with Crippen molar-refractivity contribution in [2.45, 2.75) is 33.0 Å². The van der Waals surface area contributed by atoms with E-state index in [1.165, 1.54) is 0 Å². The van der Waals surface area contributed by atoms with Crippen LogP contribution in [0.3, 0.4) is 0 Å². The summed E-state index contributed by atoms with van der Waals surface area (Å²) in [6, 6.07) is 0. The lowest BCUT2D eigenvalue weighted by Gasteiger charge is -2.15. The van der Waals surface area contributed by atoms with Gasteiger partial charge in [-0.25, -0.2) is 0 Å². The minimum Gasteiger partial charge on any atom is -0.307 e. The lowest BCUT2D eigenvalue weighted by molar-refractivity contribution is 0.219. The Morgan fingerprint density at radius 1 is 1.31 bits per heavy atom. The minimum atomic E-state index is -2.96. The van der Waals surface area contributed by atoms with Crippen molar-refractivity contribution in [3.8, 4) is 0 Å². The molecule has 0 amide bonds. The summed E-state index contributed by atoms with van der Waals surface area (Å²) in [4.78, 5) is 4.09. The highest BCUT2D eigenvalue weighted by atomic mass is 31.2. The zero-order chi connectivity index (χ0) is 9.90. The summed E-state index contributed by atoms with van der Waals surface area (Å²) < 4.78 is 22.3. The van der Waals surface area contributed by atoms with E-state index in [4.69, 9.17) is 9.05 Å². The van der Waals surface area contributed by atoms with E-state index in [0.29, 0.717) is 13.2 Å². The fraction of sp³-hybridized carbons (Fsp3) is 0.875. The van der Waals surface area contributed by atoms with Crippen molar-refractivity contribution in [2.75, 3.05) is 13.2 Å². The van der Waals surface area contributed by atoms with Crippen molar-refractivity contribution in [1.82, 2.24) is 0 Å². The molecular weight excluding hydrogens is 189 g/mol. The van der Waals surface area contributed by atoms with Crippen LogP contribution in [0.1, 0.15) is 27.2 Å². The summed E-state index contributed by atoms with van der Waals surface area (Å²) >= 11 is 0. The number of nitrogens with zero attached hydrogens (tertiary/aromatic N) is 1. The molecule has 0 aliphatic carbocycles. The normalized spacial score (nSPS) is 21.5. The van der Waals surface area contributed by atoms with Crippen LogP contribution in [0.4, 0.5) is 0 Å². The summed E-state index contributed by atoms with van der Waals surface area (Å²) in [6.45, 7) is 6.40. The zero-order valence-electron chi connectivity index (χ0n) is 8.32. The second-order valence-corrected chi connectivity index (χ2v) is 4.81. The molecular formula is C8H16NO3P. The molecule has 0 aromatic carbocycles. The molecule has 4 nitrogen and oxygen atoms in total. The molecule has 0 N–H and O–H groups in total. The maximum absolute atomic E-state index is 12.0. The maximum Gasteiger partial charge on any atom is 0.360 e. The van der Waals surface area contributed by atoms with Crippen molar-refractivity contribution < 1.29 is 13.6 Å². The zero-order valence-corrected chi connectivity index (χ0v) is 9.21.